The number of hydrogen-bond acceptors (Lipinski definition) is 7. The number of ether oxygens (including phenoxy) is 1. The van der Waals surface area contributed by atoms with E-state index in [2.05, 4.69) is 15.4 Å². The second-order valence-electron chi connectivity index (χ2n) is 8.65. The molecule has 0 atom stereocenters. The van der Waals surface area contributed by atoms with Crippen LogP contribution in [0.4, 0.5) is 0 Å². The third-order valence-electron chi connectivity index (χ3n) is 6.10. The second kappa shape index (κ2) is 10.3. The van der Waals surface area contributed by atoms with Crippen molar-refractivity contribution in [2.75, 3.05) is 20.2 Å². The molecule has 0 aliphatic rings. The Morgan fingerprint density at radius 2 is 1.84 bits per heavy atom. The fourth-order valence-corrected chi connectivity index (χ4v) is 5.95. The van der Waals surface area contributed by atoms with Crippen LogP contribution >= 0.6 is 0 Å². The van der Waals surface area contributed by atoms with Crippen molar-refractivity contribution in [3.63, 3.8) is 0 Å². The van der Waals surface area contributed by atoms with Gasteiger partial charge in [-0.15, -0.1) is 0 Å². The Labute approximate surface area is 216 Å². The van der Waals surface area contributed by atoms with E-state index in [0.717, 1.165) is 17.1 Å². The lowest BCUT2D eigenvalue weighted by molar-refractivity contribution is 0.0943. The first-order valence-corrected chi connectivity index (χ1v) is 13.4. The Kier molecular flexibility index (Phi) is 7.37. The number of methoxy groups -OCH3 is 1. The number of aromatic nitrogens is 3. The number of carbonyl (C=O) groups is 1. The second-order valence-corrected chi connectivity index (χ2v) is 10.6. The molecule has 0 aliphatic heterocycles. The topological polar surface area (TPSA) is 119 Å². The number of aryl methyl sites for hydroxylation is 3. The zero-order valence-electron chi connectivity index (χ0n) is 21.8. The van der Waals surface area contributed by atoms with Gasteiger partial charge in [0.15, 0.2) is 11.3 Å². The van der Waals surface area contributed by atoms with Gasteiger partial charge in [0.2, 0.25) is 10.0 Å². The van der Waals surface area contributed by atoms with Crippen LogP contribution in [0.15, 0.2) is 45.7 Å². The van der Waals surface area contributed by atoms with Gasteiger partial charge in [0.05, 0.1) is 19.2 Å². The van der Waals surface area contributed by atoms with Gasteiger partial charge in [-0.05, 0) is 56.7 Å². The SMILES string of the molecule is CCN(CC)S(=O)(=O)c1cc(-c2c(C(=O)NCc3ccc(C)o3)nn3c(C)cc(C)nc23)ccc1OC. The summed E-state index contributed by atoms with van der Waals surface area (Å²) in [5.41, 5.74) is 3.02. The lowest BCUT2D eigenvalue weighted by Crippen LogP contribution is -2.31. The van der Waals surface area contributed by atoms with Gasteiger partial charge < -0.3 is 14.5 Å². The third-order valence-corrected chi connectivity index (χ3v) is 8.18. The van der Waals surface area contributed by atoms with Crippen molar-refractivity contribution in [1.29, 1.82) is 0 Å². The number of fused-ring (bicyclic) bond motifs is 1. The summed E-state index contributed by atoms with van der Waals surface area (Å²) in [5, 5.41) is 7.42. The maximum atomic E-state index is 13.5. The number of carbonyl (C=O) groups excluding carboxylic acids is 1. The van der Waals surface area contributed by atoms with Crippen LogP contribution in [0.5, 0.6) is 5.75 Å². The minimum absolute atomic E-state index is 0.0114. The van der Waals surface area contributed by atoms with Gasteiger partial charge in [-0.3, -0.25) is 4.79 Å². The maximum Gasteiger partial charge on any atom is 0.272 e. The zero-order chi connectivity index (χ0) is 26.9. The van der Waals surface area contributed by atoms with Crippen LogP contribution in [0.3, 0.4) is 0 Å². The molecule has 0 radical (unpaired) electrons. The quantitative estimate of drug-likeness (QED) is 0.352. The molecule has 0 saturated heterocycles. The summed E-state index contributed by atoms with van der Waals surface area (Å²) < 4.78 is 40.9. The Balaban J connectivity index is 1.90. The Bertz CT molecular complexity index is 1570. The zero-order valence-corrected chi connectivity index (χ0v) is 22.6. The van der Waals surface area contributed by atoms with Gasteiger partial charge in [0, 0.05) is 24.5 Å². The van der Waals surface area contributed by atoms with Crippen LogP contribution in [0.25, 0.3) is 16.8 Å². The van der Waals surface area contributed by atoms with E-state index in [4.69, 9.17) is 9.15 Å². The van der Waals surface area contributed by atoms with Crippen molar-refractivity contribution in [2.45, 2.75) is 46.1 Å². The molecule has 37 heavy (non-hydrogen) atoms. The van der Waals surface area contributed by atoms with Crippen molar-refractivity contribution in [3.8, 4) is 16.9 Å². The number of benzene rings is 1. The predicted molar refractivity (Wildman–Crippen MR) is 139 cm³/mol. The average molecular weight is 526 g/mol. The minimum Gasteiger partial charge on any atom is -0.495 e. The Morgan fingerprint density at radius 1 is 1.11 bits per heavy atom. The standard InChI is InChI=1S/C26H31N5O5S/c1-7-30(8-2)37(33,34)22-14-19(10-12-21(22)35-6)23-24(26(32)27-15-20-11-9-18(5)36-20)29-31-17(4)13-16(3)28-25(23)31/h9-14H,7-8,15H2,1-6H3,(H,27,32). The minimum atomic E-state index is -3.86. The first-order valence-electron chi connectivity index (χ1n) is 12.0. The van der Waals surface area contributed by atoms with Crippen molar-refractivity contribution in [2.24, 2.45) is 0 Å². The Morgan fingerprint density at radius 3 is 2.46 bits per heavy atom. The molecule has 11 heteroatoms. The van der Waals surface area contributed by atoms with Crippen molar-refractivity contribution in [1.82, 2.24) is 24.2 Å². The fraction of sp³-hybridized carbons (Fsp3) is 0.346. The molecule has 1 N–H and O–H groups in total. The summed E-state index contributed by atoms with van der Waals surface area (Å²) in [6.45, 7) is 9.91. The van der Waals surface area contributed by atoms with Crippen molar-refractivity contribution in [3.05, 3.63) is 65.0 Å². The smallest absolute Gasteiger partial charge is 0.272 e. The molecule has 0 unspecified atom stereocenters. The van der Waals surface area contributed by atoms with Gasteiger partial charge in [-0.1, -0.05) is 19.9 Å². The van der Waals surface area contributed by atoms with Crippen LogP contribution in [-0.2, 0) is 16.6 Å². The normalized spacial score (nSPS) is 11.9. The Hall–Kier alpha value is -3.70. The summed E-state index contributed by atoms with van der Waals surface area (Å²) in [5.74, 6) is 1.13. The highest BCUT2D eigenvalue weighted by Gasteiger charge is 2.29. The number of sulfonamides is 1. The van der Waals surface area contributed by atoms with Crippen LogP contribution < -0.4 is 10.1 Å². The summed E-state index contributed by atoms with van der Waals surface area (Å²) in [6.07, 6.45) is 0. The molecule has 1 amide bonds. The van der Waals surface area contributed by atoms with Gasteiger partial charge >= 0.3 is 0 Å². The van der Waals surface area contributed by atoms with Gasteiger partial charge in [0.1, 0.15) is 22.2 Å². The molecule has 4 rings (SSSR count). The summed E-state index contributed by atoms with van der Waals surface area (Å²) in [7, 11) is -2.43. The molecular formula is C26H31N5O5S. The highest BCUT2D eigenvalue weighted by atomic mass is 32.2. The molecule has 4 aromatic rings. The van der Waals surface area contributed by atoms with Crippen molar-refractivity contribution >= 4 is 21.6 Å². The van der Waals surface area contributed by atoms with Gasteiger partial charge in [0.25, 0.3) is 5.91 Å². The van der Waals surface area contributed by atoms with Crippen LogP contribution in [-0.4, -0.2) is 53.4 Å². The number of amides is 1. The third kappa shape index (κ3) is 4.96. The molecular weight excluding hydrogens is 494 g/mol. The van der Waals surface area contributed by atoms with E-state index in [1.165, 1.54) is 17.5 Å². The van der Waals surface area contributed by atoms with E-state index >= 15 is 0 Å². The molecule has 0 saturated carbocycles. The average Bonchev–Trinajstić information content (AvgIpc) is 3.46. The summed E-state index contributed by atoms with van der Waals surface area (Å²) >= 11 is 0. The van der Waals surface area contributed by atoms with Crippen LogP contribution in [0, 0.1) is 20.8 Å². The molecule has 0 fully saturated rings. The largest absolute Gasteiger partial charge is 0.495 e. The van der Waals surface area contributed by atoms with E-state index in [0.29, 0.717) is 35.6 Å². The van der Waals surface area contributed by atoms with Gasteiger partial charge in [-0.25, -0.2) is 17.9 Å². The number of rotatable bonds is 9. The number of nitrogens with zero attached hydrogens (tertiary/aromatic N) is 4. The first kappa shape index (κ1) is 26.4. The molecule has 3 heterocycles. The molecule has 0 bridgehead atoms. The van der Waals surface area contributed by atoms with Crippen LogP contribution in [0.1, 0.15) is 47.2 Å². The molecule has 3 aromatic heterocycles. The fourth-order valence-electron chi connectivity index (χ4n) is 4.31. The molecule has 1 aromatic carbocycles. The highest BCUT2D eigenvalue weighted by molar-refractivity contribution is 7.89. The van der Waals surface area contributed by atoms with E-state index in [-0.39, 0.29) is 22.9 Å². The predicted octanol–water partition coefficient (Wildman–Crippen LogP) is 3.88. The van der Waals surface area contributed by atoms with E-state index in [1.807, 2.05) is 32.9 Å². The maximum absolute atomic E-state index is 13.5. The van der Waals surface area contributed by atoms with E-state index in [1.54, 1.807) is 36.6 Å². The number of hydrogen-bond donors (Lipinski definition) is 1. The van der Waals surface area contributed by atoms with Crippen molar-refractivity contribution < 1.29 is 22.4 Å². The molecule has 196 valence electrons. The number of furan rings is 1. The first-order chi connectivity index (χ1) is 17.6. The highest BCUT2D eigenvalue weighted by Crippen LogP contribution is 2.35. The van der Waals surface area contributed by atoms with E-state index in [9.17, 15) is 13.2 Å². The summed E-state index contributed by atoms with van der Waals surface area (Å²) in [4.78, 5) is 18.0. The van der Waals surface area contributed by atoms with Gasteiger partial charge in [-0.2, -0.15) is 9.40 Å². The molecule has 10 nitrogen and oxygen atoms in total. The number of nitrogens with one attached hydrogen (secondary N) is 1. The lowest BCUT2D eigenvalue weighted by atomic mass is 10.0. The molecule has 0 aliphatic carbocycles. The van der Waals surface area contributed by atoms with Crippen LogP contribution in [0.2, 0.25) is 0 Å². The lowest BCUT2D eigenvalue weighted by Gasteiger charge is -2.20. The summed E-state index contributed by atoms with van der Waals surface area (Å²) in [6, 6.07) is 10.3. The monoisotopic (exact) mass is 525 g/mol. The van der Waals surface area contributed by atoms with E-state index < -0.39 is 15.9 Å². The molecule has 0 spiro atoms.